The van der Waals surface area contributed by atoms with Gasteiger partial charge in [-0.05, 0) is 11.6 Å². The molecule has 0 saturated carbocycles. The maximum atomic E-state index is 12.3. The molecule has 0 aromatic carbocycles. The van der Waals surface area contributed by atoms with E-state index in [4.69, 9.17) is 4.74 Å². The second-order valence-electron chi connectivity index (χ2n) is 5.27. The first-order valence-electron chi connectivity index (χ1n) is 7.03. The molecule has 0 spiro atoms. The highest BCUT2D eigenvalue weighted by Gasteiger charge is 2.38. The Labute approximate surface area is 124 Å². The third-order valence-electron chi connectivity index (χ3n) is 3.84. The predicted octanol–water partition coefficient (Wildman–Crippen LogP) is 0.0911. The van der Waals surface area contributed by atoms with E-state index in [1.54, 1.807) is 31.5 Å². The predicted molar refractivity (Wildman–Crippen MR) is 77.4 cm³/mol. The van der Waals surface area contributed by atoms with Crippen molar-refractivity contribution in [2.24, 2.45) is 11.8 Å². The summed E-state index contributed by atoms with van der Waals surface area (Å²) in [6.07, 6.45) is 3.69. The van der Waals surface area contributed by atoms with Crippen LogP contribution in [0, 0.1) is 11.8 Å². The lowest BCUT2D eigenvalue weighted by atomic mass is 9.96. The van der Waals surface area contributed by atoms with Crippen molar-refractivity contribution in [1.29, 1.82) is 0 Å². The van der Waals surface area contributed by atoms with Crippen LogP contribution in [0.25, 0.3) is 0 Å². The molecule has 1 aromatic rings. The zero-order chi connectivity index (χ0) is 15.2. The van der Waals surface area contributed by atoms with Gasteiger partial charge in [-0.3, -0.25) is 14.6 Å². The first-order chi connectivity index (χ1) is 10.2. The van der Waals surface area contributed by atoms with Gasteiger partial charge in [0.1, 0.15) is 0 Å². The number of carbonyl (C=O) groups excluding carboxylic acids is 2. The van der Waals surface area contributed by atoms with Crippen LogP contribution in [0.4, 0.5) is 0 Å². The van der Waals surface area contributed by atoms with Crippen molar-refractivity contribution in [2.75, 3.05) is 33.9 Å². The molecule has 2 atom stereocenters. The summed E-state index contributed by atoms with van der Waals surface area (Å²) in [4.78, 5) is 30.0. The third-order valence-corrected chi connectivity index (χ3v) is 3.84. The molecule has 2 rings (SSSR count). The van der Waals surface area contributed by atoms with Crippen LogP contribution in [-0.2, 0) is 20.7 Å². The Morgan fingerprint density at radius 3 is 2.90 bits per heavy atom. The number of aromatic nitrogens is 1. The van der Waals surface area contributed by atoms with Gasteiger partial charge in [0.2, 0.25) is 11.8 Å². The lowest BCUT2D eigenvalue weighted by Crippen LogP contribution is -2.35. The topological polar surface area (TPSA) is 71.5 Å². The Balaban J connectivity index is 2.00. The van der Waals surface area contributed by atoms with Crippen molar-refractivity contribution in [2.45, 2.75) is 6.42 Å². The number of nitrogens with zero attached hydrogens (tertiary/aromatic N) is 2. The normalized spacial score (nSPS) is 21.3. The van der Waals surface area contributed by atoms with Crippen LogP contribution in [0.2, 0.25) is 0 Å². The van der Waals surface area contributed by atoms with Crippen molar-refractivity contribution < 1.29 is 14.3 Å². The summed E-state index contributed by atoms with van der Waals surface area (Å²) >= 11 is 0. The van der Waals surface area contributed by atoms with Gasteiger partial charge in [-0.2, -0.15) is 0 Å². The molecule has 6 nitrogen and oxygen atoms in total. The van der Waals surface area contributed by atoms with Crippen LogP contribution in [-0.4, -0.2) is 55.6 Å². The largest absolute Gasteiger partial charge is 0.384 e. The molecule has 6 heteroatoms. The number of hydrogen-bond acceptors (Lipinski definition) is 4. The van der Waals surface area contributed by atoms with Crippen LogP contribution in [0.15, 0.2) is 24.5 Å². The Kier molecular flexibility index (Phi) is 5.27. The monoisotopic (exact) mass is 291 g/mol. The van der Waals surface area contributed by atoms with Gasteiger partial charge in [-0.15, -0.1) is 0 Å². The van der Waals surface area contributed by atoms with Crippen molar-refractivity contribution >= 4 is 11.8 Å². The number of amides is 2. The molecular weight excluding hydrogens is 270 g/mol. The van der Waals surface area contributed by atoms with E-state index in [9.17, 15) is 9.59 Å². The molecule has 2 amide bonds. The van der Waals surface area contributed by atoms with Crippen molar-refractivity contribution in [1.82, 2.24) is 15.2 Å². The summed E-state index contributed by atoms with van der Waals surface area (Å²) in [5, 5.41) is 2.66. The lowest BCUT2D eigenvalue weighted by molar-refractivity contribution is -0.130. The SMILES string of the molecule is CNC(=O)[C@@H]1CN(C(=O)Cc2cccnc2)C[C@H]1COC. The average molecular weight is 291 g/mol. The number of carbonyl (C=O) groups is 2. The van der Waals surface area contributed by atoms with Crippen molar-refractivity contribution in [3.05, 3.63) is 30.1 Å². The van der Waals surface area contributed by atoms with Crippen molar-refractivity contribution in [3.8, 4) is 0 Å². The Bertz CT molecular complexity index is 492. The molecule has 1 aromatic heterocycles. The third kappa shape index (κ3) is 3.78. The molecule has 1 saturated heterocycles. The first kappa shape index (κ1) is 15.4. The molecule has 0 radical (unpaired) electrons. The second kappa shape index (κ2) is 7.17. The lowest BCUT2D eigenvalue weighted by Gasteiger charge is -2.16. The van der Waals surface area contributed by atoms with Crippen LogP contribution in [0.3, 0.4) is 0 Å². The molecule has 1 N–H and O–H groups in total. The van der Waals surface area contributed by atoms with E-state index in [-0.39, 0.29) is 23.7 Å². The van der Waals surface area contributed by atoms with E-state index in [0.717, 1.165) is 5.56 Å². The van der Waals surface area contributed by atoms with Crippen LogP contribution in [0.5, 0.6) is 0 Å². The fraction of sp³-hybridized carbons (Fsp3) is 0.533. The van der Waals surface area contributed by atoms with Gasteiger partial charge in [0.15, 0.2) is 0 Å². The first-order valence-corrected chi connectivity index (χ1v) is 7.03. The molecule has 0 unspecified atom stereocenters. The fourth-order valence-electron chi connectivity index (χ4n) is 2.73. The highest BCUT2D eigenvalue weighted by molar-refractivity contribution is 5.83. The van der Waals surface area contributed by atoms with E-state index in [2.05, 4.69) is 10.3 Å². The Hall–Kier alpha value is -1.95. The summed E-state index contributed by atoms with van der Waals surface area (Å²) in [6, 6.07) is 3.69. The highest BCUT2D eigenvalue weighted by Crippen LogP contribution is 2.24. The van der Waals surface area contributed by atoms with Gasteiger partial charge in [0.05, 0.1) is 18.9 Å². The molecule has 0 bridgehead atoms. The Morgan fingerprint density at radius 2 is 2.29 bits per heavy atom. The molecule has 114 valence electrons. The number of nitrogens with one attached hydrogen (secondary N) is 1. The average Bonchev–Trinajstić information content (AvgIpc) is 2.92. The van der Waals surface area contributed by atoms with Crippen LogP contribution < -0.4 is 5.32 Å². The van der Waals surface area contributed by atoms with Gasteiger partial charge < -0.3 is 15.0 Å². The molecule has 2 heterocycles. The minimum Gasteiger partial charge on any atom is -0.384 e. The number of pyridine rings is 1. The van der Waals surface area contributed by atoms with E-state index in [0.29, 0.717) is 26.1 Å². The number of ether oxygens (including phenoxy) is 1. The maximum absolute atomic E-state index is 12.3. The molecule has 1 aliphatic rings. The van der Waals surface area contributed by atoms with Gasteiger partial charge in [0, 0.05) is 45.6 Å². The minimum absolute atomic E-state index is 0.0236. The van der Waals surface area contributed by atoms with E-state index >= 15 is 0 Å². The molecule has 1 fully saturated rings. The van der Waals surface area contributed by atoms with E-state index < -0.39 is 0 Å². The van der Waals surface area contributed by atoms with Gasteiger partial charge in [-0.25, -0.2) is 0 Å². The number of likely N-dealkylation sites (tertiary alicyclic amines) is 1. The van der Waals surface area contributed by atoms with E-state index in [1.807, 2.05) is 12.1 Å². The minimum atomic E-state index is -0.201. The van der Waals surface area contributed by atoms with Crippen LogP contribution >= 0.6 is 0 Å². The summed E-state index contributed by atoms with van der Waals surface area (Å²) in [5.41, 5.74) is 0.884. The molecule has 21 heavy (non-hydrogen) atoms. The highest BCUT2D eigenvalue weighted by atomic mass is 16.5. The molecule has 1 aliphatic heterocycles. The maximum Gasteiger partial charge on any atom is 0.227 e. The Morgan fingerprint density at radius 1 is 1.48 bits per heavy atom. The van der Waals surface area contributed by atoms with Gasteiger partial charge in [0.25, 0.3) is 0 Å². The number of rotatable bonds is 5. The van der Waals surface area contributed by atoms with E-state index in [1.165, 1.54) is 0 Å². The summed E-state index contributed by atoms with van der Waals surface area (Å²) in [7, 11) is 3.23. The quantitative estimate of drug-likeness (QED) is 0.834. The molecule has 0 aliphatic carbocycles. The standard InChI is InChI=1S/C15H21N3O3/c1-16-15(20)13-9-18(8-12(13)10-21-2)14(19)6-11-4-3-5-17-7-11/h3-5,7,12-13H,6,8-10H2,1-2H3,(H,16,20)/t12-,13+/m0/s1. The smallest absolute Gasteiger partial charge is 0.227 e. The number of hydrogen-bond donors (Lipinski definition) is 1. The van der Waals surface area contributed by atoms with Crippen LogP contribution in [0.1, 0.15) is 5.56 Å². The van der Waals surface area contributed by atoms with Gasteiger partial charge in [-0.1, -0.05) is 6.07 Å². The van der Waals surface area contributed by atoms with Gasteiger partial charge >= 0.3 is 0 Å². The summed E-state index contributed by atoms with van der Waals surface area (Å²) in [6.45, 7) is 1.49. The molecular formula is C15H21N3O3. The zero-order valence-corrected chi connectivity index (χ0v) is 12.4. The number of methoxy groups -OCH3 is 1. The fourth-order valence-corrected chi connectivity index (χ4v) is 2.73. The second-order valence-corrected chi connectivity index (χ2v) is 5.27. The summed E-state index contributed by atoms with van der Waals surface area (Å²) in [5.74, 6) is -0.162. The van der Waals surface area contributed by atoms with Crippen molar-refractivity contribution in [3.63, 3.8) is 0 Å². The zero-order valence-electron chi connectivity index (χ0n) is 12.4. The summed E-state index contributed by atoms with van der Waals surface area (Å²) < 4.78 is 5.17.